The molecule has 1 aliphatic rings. The number of nitrogens with one attached hydrogen (secondary N) is 2. The first-order valence-corrected chi connectivity index (χ1v) is 11.8. The van der Waals surface area contributed by atoms with Gasteiger partial charge in [0.1, 0.15) is 17.4 Å². The Hall–Kier alpha value is -3.60. The average molecular weight is 437 g/mol. The van der Waals surface area contributed by atoms with E-state index in [4.69, 9.17) is 14.7 Å². The third-order valence-corrected chi connectivity index (χ3v) is 7.11. The predicted octanol–water partition coefficient (Wildman–Crippen LogP) is 7.08. The van der Waals surface area contributed by atoms with Gasteiger partial charge in [0.15, 0.2) is 0 Å². The number of methoxy groups -OCH3 is 1. The summed E-state index contributed by atoms with van der Waals surface area (Å²) in [6, 6.07) is 20.9. The Kier molecular flexibility index (Phi) is 4.90. The number of hydrogen-bond acceptors (Lipinski definition) is 3. The fraction of sp³-hybridized carbons (Fsp3) is 0.286. The van der Waals surface area contributed by atoms with E-state index < -0.39 is 0 Å². The molecule has 1 fully saturated rings. The molecule has 166 valence electrons. The van der Waals surface area contributed by atoms with E-state index in [-0.39, 0.29) is 0 Å². The van der Waals surface area contributed by atoms with Crippen molar-refractivity contribution in [2.45, 2.75) is 38.5 Å². The van der Waals surface area contributed by atoms with Crippen molar-refractivity contribution in [3.63, 3.8) is 0 Å². The largest absolute Gasteiger partial charge is 0.497 e. The quantitative estimate of drug-likeness (QED) is 0.316. The van der Waals surface area contributed by atoms with Gasteiger partial charge in [-0.1, -0.05) is 25.8 Å². The molecule has 2 N–H and O–H groups in total. The van der Waals surface area contributed by atoms with E-state index in [1.807, 2.05) is 24.3 Å². The molecule has 0 amide bonds. The van der Waals surface area contributed by atoms with Gasteiger partial charge in [-0.3, -0.25) is 0 Å². The first-order valence-electron chi connectivity index (χ1n) is 11.8. The maximum absolute atomic E-state index is 5.26. The average Bonchev–Trinajstić information content (AvgIpc) is 3.48. The van der Waals surface area contributed by atoms with Crippen molar-refractivity contribution in [3.8, 4) is 28.5 Å². The maximum Gasteiger partial charge on any atom is 0.138 e. The van der Waals surface area contributed by atoms with Crippen molar-refractivity contribution >= 4 is 22.1 Å². The van der Waals surface area contributed by atoms with Gasteiger partial charge in [-0.05, 0) is 84.8 Å². The standard InChI is InChI=1S/C28H28N4O/c1-17-3-5-18(6-4-17)20-9-13-23-25(15-20)32-28(30-23)21-10-14-24-26(16-21)31-27(29-24)19-7-11-22(33-2)12-8-19/h7-18H,3-6H2,1-2H3,(H,29,31)(H,30,32). The first-order chi connectivity index (χ1) is 16.2. The number of benzene rings is 3. The molecule has 0 spiro atoms. The van der Waals surface area contributed by atoms with Crippen molar-refractivity contribution in [2.75, 3.05) is 7.11 Å². The van der Waals surface area contributed by atoms with E-state index in [1.54, 1.807) is 7.11 Å². The number of H-pyrrole nitrogens is 2. The molecule has 5 aromatic rings. The lowest BCUT2D eigenvalue weighted by molar-refractivity contribution is 0.348. The molecule has 1 saturated carbocycles. The van der Waals surface area contributed by atoms with Gasteiger partial charge in [-0.15, -0.1) is 0 Å². The topological polar surface area (TPSA) is 66.6 Å². The molecule has 0 radical (unpaired) electrons. The van der Waals surface area contributed by atoms with Crippen molar-refractivity contribution in [3.05, 3.63) is 66.2 Å². The minimum Gasteiger partial charge on any atom is -0.497 e. The number of imidazole rings is 2. The van der Waals surface area contributed by atoms with Gasteiger partial charge in [0.2, 0.25) is 0 Å². The summed E-state index contributed by atoms with van der Waals surface area (Å²) in [6.07, 6.45) is 5.25. The molecular formula is C28H28N4O. The van der Waals surface area contributed by atoms with E-state index in [0.717, 1.165) is 56.5 Å². The minimum atomic E-state index is 0.676. The Morgan fingerprint density at radius 2 is 1.33 bits per heavy atom. The van der Waals surface area contributed by atoms with E-state index in [2.05, 4.69) is 53.3 Å². The monoisotopic (exact) mass is 436 g/mol. The van der Waals surface area contributed by atoms with Gasteiger partial charge in [0.25, 0.3) is 0 Å². The van der Waals surface area contributed by atoms with Gasteiger partial charge in [0, 0.05) is 11.1 Å². The predicted molar refractivity (Wildman–Crippen MR) is 134 cm³/mol. The molecule has 6 rings (SSSR count). The highest BCUT2D eigenvalue weighted by Crippen LogP contribution is 2.36. The number of nitrogens with zero attached hydrogens (tertiary/aromatic N) is 2. The highest BCUT2D eigenvalue weighted by molar-refractivity contribution is 5.86. The molecule has 5 nitrogen and oxygen atoms in total. The first kappa shape index (κ1) is 20.0. The molecule has 33 heavy (non-hydrogen) atoms. The van der Waals surface area contributed by atoms with E-state index in [1.165, 1.54) is 31.2 Å². The molecule has 0 saturated heterocycles. The fourth-order valence-corrected chi connectivity index (χ4v) is 5.05. The van der Waals surface area contributed by atoms with Crippen LogP contribution >= 0.6 is 0 Å². The van der Waals surface area contributed by atoms with Crippen molar-refractivity contribution in [2.24, 2.45) is 5.92 Å². The summed E-state index contributed by atoms with van der Waals surface area (Å²) >= 11 is 0. The third kappa shape index (κ3) is 3.78. The van der Waals surface area contributed by atoms with Crippen LogP contribution in [0, 0.1) is 5.92 Å². The van der Waals surface area contributed by atoms with Crippen molar-refractivity contribution in [1.29, 1.82) is 0 Å². The normalized spacial score (nSPS) is 18.7. The Labute approximate surface area is 193 Å². The lowest BCUT2D eigenvalue weighted by atomic mass is 9.79. The van der Waals surface area contributed by atoms with Crippen LogP contribution in [0.5, 0.6) is 5.75 Å². The zero-order valence-electron chi connectivity index (χ0n) is 19.1. The number of hydrogen-bond donors (Lipinski definition) is 2. The fourth-order valence-electron chi connectivity index (χ4n) is 5.05. The summed E-state index contributed by atoms with van der Waals surface area (Å²) in [6.45, 7) is 2.37. The SMILES string of the molecule is COc1ccc(-c2nc3ccc(-c4nc5ccc(C6CCC(C)CC6)cc5[nH]4)cc3[nH]2)cc1. The number of aromatic amines is 2. The van der Waals surface area contributed by atoms with Crippen LogP contribution in [0.4, 0.5) is 0 Å². The summed E-state index contributed by atoms with van der Waals surface area (Å²) < 4.78 is 5.26. The van der Waals surface area contributed by atoms with Gasteiger partial charge in [-0.25, -0.2) is 9.97 Å². The number of fused-ring (bicyclic) bond motifs is 2. The van der Waals surface area contributed by atoms with Crippen LogP contribution in [0.15, 0.2) is 60.7 Å². The minimum absolute atomic E-state index is 0.676. The molecular weight excluding hydrogens is 408 g/mol. The number of aromatic nitrogens is 4. The Balaban J connectivity index is 1.31. The highest BCUT2D eigenvalue weighted by atomic mass is 16.5. The van der Waals surface area contributed by atoms with Crippen LogP contribution in [0.3, 0.4) is 0 Å². The zero-order chi connectivity index (χ0) is 22.4. The summed E-state index contributed by atoms with van der Waals surface area (Å²) in [5, 5.41) is 0. The van der Waals surface area contributed by atoms with Gasteiger partial charge in [0.05, 0.1) is 29.2 Å². The summed E-state index contributed by atoms with van der Waals surface area (Å²) in [5.74, 6) is 4.12. The maximum atomic E-state index is 5.26. The van der Waals surface area contributed by atoms with Gasteiger partial charge >= 0.3 is 0 Å². The second-order valence-electron chi connectivity index (χ2n) is 9.36. The second kappa shape index (κ2) is 8.07. The lowest BCUT2D eigenvalue weighted by Gasteiger charge is -2.26. The molecule has 0 aliphatic heterocycles. The number of ether oxygens (including phenoxy) is 1. The van der Waals surface area contributed by atoms with Crippen molar-refractivity contribution < 1.29 is 4.74 Å². The molecule has 3 aromatic carbocycles. The molecule has 1 aliphatic carbocycles. The van der Waals surface area contributed by atoms with Crippen LogP contribution in [0.1, 0.15) is 44.1 Å². The van der Waals surface area contributed by atoms with Crippen LogP contribution in [-0.4, -0.2) is 27.0 Å². The van der Waals surface area contributed by atoms with Crippen LogP contribution in [0.25, 0.3) is 44.8 Å². The molecule has 2 heterocycles. The molecule has 2 aromatic heterocycles. The second-order valence-corrected chi connectivity index (χ2v) is 9.36. The molecule has 0 atom stereocenters. The summed E-state index contributed by atoms with van der Waals surface area (Å²) in [4.78, 5) is 16.6. The Morgan fingerprint density at radius 3 is 2.03 bits per heavy atom. The third-order valence-electron chi connectivity index (χ3n) is 7.11. The Morgan fingerprint density at radius 1 is 0.727 bits per heavy atom. The van der Waals surface area contributed by atoms with Crippen LogP contribution < -0.4 is 4.74 Å². The molecule has 5 heteroatoms. The Bertz CT molecular complexity index is 1420. The van der Waals surface area contributed by atoms with Crippen molar-refractivity contribution in [1.82, 2.24) is 19.9 Å². The lowest BCUT2D eigenvalue weighted by Crippen LogP contribution is -2.10. The van der Waals surface area contributed by atoms with Crippen LogP contribution in [-0.2, 0) is 0 Å². The zero-order valence-corrected chi connectivity index (χ0v) is 19.1. The van der Waals surface area contributed by atoms with E-state index in [9.17, 15) is 0 Å². The smallest absolute Gasteiger partial charge is 0.138 e. The molecule has 0 unspecified atom stereocenters. The van der Waals surface area contributed by atoms with E-state index in [0.29, 0.717) is 5.92 Å². The number of rotatable bonds is 4. The molecule has 0 bridgehead atoms. The van der Waals surface area contributed by atoms with Gasteiger partial charge < -0.3 is 14.7 Å². The van der Waals surface area contributed by atoms with Gasteiger partial charge in [-0.2, -0.15) is 0 Å². The van der Waals surface area contributed by atoms with Crippen LogP contribution in [0.2, 0.25) is 0 Å². The highest BCUT2D eigenvalue weighted by Gasteiger charge is 2.20. The summed E-state index contributed by atoms with van der Waals surface area (Å²) in [7, 11) is 1.67. The summed E-state index contributed by atoms with van der Waals surface area (Å²) in [5.41, 5.74) is 7.59. The van der Waals surface area contributed by atoms with E-state index >= 15 is 0 Å².